The molecule has 0 fully saturated rings. The molecule has 0 bridgehead atoms. The van der Waals surface area contributed by atoms with E-state index in [1.807, 2.05) is 0 Å². The fraction of sp³-hybridized carbons (Fsp3) is 0.273. The van der Waals surface area contributed by atoms with E-state index in [0.717, 1.165) is 0 Å². The Kier molecular flexibility index (Phi) is 2.97. The normalized spacial score (nSPS) is 10.9. The van der Waals surface area contributed by atoms with Crippen LogP contribution in [0.5, 0.6) is 5.75 Å². The highest BCUT2D eigenvalue weighted by atomic mass is 16.5. The van der Waals surface area contributed by atoms with Crippen LogP contribution in [0.1, 0.15) is 16.3 Å². The Balaban J connectivity index is 2.58. The maximum Gasteiger partial charge on any atom is 0.356 e. The lowest BCUT2D eigenvalue weighted by atomic mass is 10.3. The molecule has 2 heterocycles. The third-order valence-electron chi connectivity index (χ3n) is 2.43. The molecule has 0 amide bonds. The molecule has 2 N–H and O–H groups in total. The number of aromatic nitrogens is 2. The summed E-state index contributed by atoms with van der Waals surface area (Å²) in [6, 6.07) is 2.86. The second kappa shape index (κ2) is 4.42. The summed E-state index contributed by atoms with van der Waals surface area (Å²) in [7, 11) is 1.57. The molecule has 6 heteroatoms. The Bertz CT molecular complexity index is 562. The summed E-state index contributed by atoms with van der Waals surface area (Å²) in [4.78, 5) is 15.1. The van der Waals surface area contributed by atoms with Gasteiger partial charge in [-0.3, -0.25) is 0 Å². The van der Waals surface area contributed by atoms with Crippen molar-refractivity contribution in [3.05, 3.63) is 29.8 Å². The predicted molar refractivity (Wildman–Crippen MR) is 59.4 cm³/mol. The second-order valence-corrected chi connectivity index (χ2v) is 3.56. The maximum atomic E-state index is 11.0. The average Bonchev–Trinajstić information content (AvgIpc) is 2.64. The summed E-state index contributed by atoms with van der Waals surface area (Å²) >= 11 is 0. The lowest BCUT2D eigenvalue weighted by Crippen LogP contribution is -2.00. The van der Waals surface area contributed by atoms with Gasteiger partial charge in [-0.15, -0.1) is 0 Å². The van der Waals surface area contributed by atoms with Crippen molar-refractivity contribution in [3.8, 4) is 5.75 Å². The minimum atomic E-state index is -1.11. The first-order chi connectivity index (χ1) is 8.13. The number of fused-ring (bicyclic) bond motifs is 1. The lowest BCUT2D eigenvalue weighted by molar-refractivity contribution is 0.0693. The molecule has 0 spiro atoms. The SMILES string of the molecule is COCCc1nc(C(=O)O)c2cc(O)ccn12. The van der Waals surface area contributed by atoms with E-state index in [1.165, 1.54) is 12.1 Å². The number of nitrogens with zero attached hydrogens (tertiary/aromatic N) is 2. The number of carboxylic acid groups (broad SMARTS) is 1. The molecule has 17 heavy (non-hydrogen) atoms. The molecular formula is C11H12N2O4. The van der Waals surface area contributed by atoms with E-state index in [0.29, 0.717) is 24.4 Å². The molecule has 2 rings (SSSR count). The number of aromatic hydroxyl groups is 1. The Morgan fingerprint density at radius 1 is 1.59 bits per heavy atom. The first kappa shape index (κ1) is 11.4. The van der Waals surface area contributed by atoms with Crippen molar-refractivity contribution in [3.63, 3.8) is 0 Å². The van der Waals surface area contributed by atoms with Gasteiger partial charge in [0.05, 0.1) is 12.1 Å². The Hall–Kier alpha value is -2.08. The van der Waals surface area contributed by atoms with Gasteiger partial charge in [0.25, 0.3) is 0 Å². The molecule has 6 nitrogen and oxygen atoms in total. The van der Waals surface area contributed by atoms with Gasteiger partial charge in [-0.05, 0) is 6.07 Å². The Morgan fingerprint density at radius 2 is 2.35 bits per heavy atom. The molecular weight excluding hydrogens is 224 g/mol. The van der Waals surface area contributed by atoms with E-state index >= 15 is 0 Å². The van der Waals surface area contributed by atoms with Gasteiger partial charge in [-0.2, -0.15) is 0 Å². The van der Waals surface area contributed by atoms with E-state index in [4.69, 9.17) is 9.84 Å². The largest absolute Gasteiger partial charge is 0.508 e. The fourth-order valence-corrected chi connectivity index (χ4v) is 1.66. The maximum absolute atomic E-state index is 11.0. The van der Waals surface area contributed by atoms with Crippen LogP contribution in [0.15, 0.2) is 18.3 Å². The third kappa shape index (κ3) is 2.07. The number of pyridine rings is 1. The van der Waals surface area contributed by atoms with Gasteiger partial charge >= 0.3 is 5.97 Å². The lowest BCUT2D eigenvalue weighted by Gasteiger charge is -2.00. The summed E-state index contributed by atoms with van der Waals surface area (Å²) in [6.45, 7) is 0.457. The zero-order valence-electron chi connectivity index (χ0n) is 9.25. The van der Waals surface area contributed by atoms with Crippen molar-refractivity contribution in [1.82, 2.24) is 9.38 Å². The van der Waals surface area contributed by atoms with E-state index < -0.39 is 5.97 Å². The number of carbonyl (C=O) groups is 1. The van der Waals surface area contributed by atoms with Crippen LogP contribution >= 0.6 is 0 Å². The molecule has 0 saturated heterocycles. The number of ether oxygens (including phenoxy) is 1. The van der Waals surface area contributed by atoms with E-state index in [9.17, 15) is 9.90 Å². The minimum Gasteiger partial charge on any atom is -0.508 e. The van der Waals surface area contributed by atoms with Crippen molar-refractivity contribution < 1.29 is 19.7 Å². The smallest absolute Gasteiger partial charge is 0.356 e. The van der Waals surface area contributed by atoms with Gasteiger partial charge in [0.15, 0.2) is 5.69 Å². The van der Waals surface area contributed by atoms with Crippen LogP contribution in [0.2, 0.25) is 0 Å². The third-order valence-corrected chi connectivity index (χ3v) is 2.43. The molecule has 90 valence electrons. The molecule has 0 aliphatic heterocycles. The van der Waals surface area contributed by atoms with Gasteiger partial charge in [0, 0.05) is 25.8 Å². The van der Waals surface area contributed by atoms with Crippen molar-refractivity contribution in [2.75, 3.05) is 13.7 Å². The Labute approximate surface area is 97.1 Å². The molecule has 0 saturated carbocycles. The van der Waals surface area contributed by atoms with Crippen LogP contribution in [0.3, 0.4) is 0 Å². The van der Waals surface area contributed by atoms with Crippen molar-refractivity contribution in [2.45, 2.75) is 6.42 Å². The van der Waals surface area contributed by atoms with Gasteiger partial charge in [0.2, 0.25) is 0 Å². The number of aromatic carboxylic acids is 1. The minimum absolute atomic E-state index is 0.0122. The summed E-state index contributed by atoms with van der Waals surface area (Å²) in [5.41, 5.74) is 0.315. The molecule has 2 aromatic heterocycles. The molecule has 0 atom stereocenters. The van der Waals surface area contributed by atoms with Gasteiger partial charge in [0.1, 0.15) is 11.6 Å². The monoisotopic (exact) mass is 236 g/mol. The number of hydrogen-bond donors (Lipinski definition) is 2. The number of imidazole rings is 1. The van der Waals surface area contributed by atoms with Gasteiger partial charge < -0.3 is 19.4 Å². The first-order valence-electron chi connectivity index (χ1n) is 5.05. The number of methoxy groups -OCH3 is 1. The van der Waals surface area contributed by atoms with Crippen LogP contribution in [0.25, 0.3) is 5.52 Å². The topological polar surface area (TPSA) is 84.1 Å². The second-order valence-electron chi connectivity index (χ2n) is 3.56. The molecule has 0 aliphatic carbocycles. The summed E-state index contributed by atoms with van der Waals surface area (Å²) in [5.74, 6) is -0.505. The standard InChI is InChI=1S/C11H12N2O4/c1-17-5-3-9-12-10(11(15)16)8-6-7(14)2-4-13(8)9/h2,4,6,14H,3,5H2,1H3,(H,15,16). The van der Waals surface area contributed by atoms with Gasteiger partial charge in [-0.1, -0.05) is 0 Å². The van der Waals surface area contributed by atoms with Crippen LogP contribution in [0.4, 0.5) is 0 Å². The molecule has 0 aromatic carbocycles. The zero-order chi connectivity index (χ0) is 12.4. The highest BCUT2D eigenvalue weighted by Crippen LogP contribution is 2.19. The first-order valence-corrected chi connectivity index (χ1v) is 5.05. The van der Waals surface area contributed by atoms with Crippen LogP contribution in [0, 0.1) is 0 Å². The molecule has 0 unspecified atom stereocenters. The van der Waals surface area contributed by atoms with Crippen LogP contribution in [-0.4, -0.2) is 39.3 Å². The highest BCUT2D eigenvalue weighted by molar-refractivity contribution is 5.94. The van der Waals surface area contributed by atoms with Crippen molar-refractivity contribution in [2.24, 2.45) is 0 Å². The molecule has 0 radical (unpaired) electrons. The average molecular weight is 236 g/mol. The number of rotatable bonds is 4. The summed E-state index contributed by atoms with van der Waals surface area (Å²) in [6.07, 6.45) is 2.10. The quantitative estimate of drug-likeness (QED) is 0.824. The van der Waals surface area contributed by atoms with E-state index in [1.54, 1.807) is 17.7 Å². The van der Waals surface area contributed by atoms with Crippen molar-refractivity contribution >= 4 is 11.5 Å². The highest BCUT2D eigenvalue weighted by Gasteiger charge is 2.16. The van der Waals surface area contributed by atoms with Gasteiger partial charge in [-0.25, -0.2) is 9.78 Å². The molecule has 0 aliphatic rings. The summed E-state index contributed by atoms with van der Waals surface area (Å²) in [5, 5.41) is 18.4. The zero-order valence-corrected chi connectivity index (χ0v) is 9.25. The molecule has 2 aromatic rings. The number of hydrogen-bond acceptors (Lipinski definition) is 4. The Morgan fingerprint density at radius 3 is 3.00 bits per heavy atom. The fourth-order valence-electron chi connectivity index (χ4n) is 1.66. The summed E-state index contributed by atoms with van der Waals surface area (Å²) < 4.78 is 6.58. The van der Waals surface area contributed by atoms with E-state index in [-0.39, 0.29) is 11.4 Å². The van der Waals surface area contributed by atoms with Crippen molar-refractivity contribution in [1.29, 1.82) is 0 Å². The predicted octanol–water partition coefficient (Wildman–Crippen LogP) is 0.927. The van der Waals surface area contributed by atoms with Crippen LogP contribution in [-0.2, 0) is 11.2 Å². The number of carboxylic acids is 1. The van der Waals surface area contributed by atoms with Crippen LogP contribution < -0.4 is 0 Å². The van der Waals surface area contributed by atoms with E-state index in [2.05, 4.69) is 4.98 Å².